The minimum Gasteiger partial charge on any atom is -0.493 e. The second kappa shape index (κ2) is 6.69. The number of halogens is 1. The summed E-state index contributed by atoms with van der Waals surface area (Å²) >= 11 is 0. The molecule has 0 amide bonds. The molecule has 2 aliphatic rings. The van der Waals surface area contributed by atoms with Crippen LogP contribution in [0.15, 0.2) is 42.5 Å². The molecular formula is C19H20FNO3. The van der Waals surface area contributed by atoms with Crippen molar-refractivity contribution in [3.8, 4) is 17.2 Å². The Hall–Kier alpha value is -2.27. The number of piperidine rings is 1. The van der Waals surface area contributed by atoms with Gasteiger partial charge in [-0.05, 0) is 48.7 Å². The first kappa shape index (κ1) is 9.89. The standard InChI is InChI=1S/C19H20FNO3/c20-15-3-1-13(2-4-15)17-7-8-21-10-14(17)11-22-16-5-6-18-19(9-16)24-12-23-18/h1-6,9,14,17,21H,7-8,10-12H2/t14?,17-/m0/s1/i10D2,11D2,12D2. The van der Waals surface area contributed by atoms with Gasteiger partial charge in [-0.15, -0.1) is 0 Å². The zero-order valence-corrected chi connectivity index (χ0v) is 12.7. The van der Waals surface area contributed by atoms with Crippen molar-refractivity contribution in [2.75, 3.05) is 26.3 Å². The van der Waals surface area contributed by atoms with Gasteiger partial charge >= 0.3 is 0 Å². The van der Waals surface area contributed by atoms with E-state index in [2.05, 4.69) is 5.32 Å². The van der Waals surface area contributed by atoms with Crippen LogP contribution < -0.4 is 19.5 Å². The molecule has 1 fully saturated rings. The zero-order chi connectivity index (χ0) is 21.7. The minimum absolute atomic E-state index is 0.0410. The third-order valence-electron chi connectivity index (χ3n) is 4.06. The predicted octanol–water partition coefficient (Wildman–Crippen LogP) is 3.33. The molecule has 2 heterocycles. The largest absolute Gasteiger partial charge is 0.493 e. The molecular weight excluding hydrogens is 309 g/mol. The second-order valence-electron chi connectivity index (χ2n) is 5.61. The molecule has 1 N–H and O–H groups in total. The Bertz CT molecular complexity index is 940. The summed E-state index contributed by atoms with van der Waals surface area (Å²) in [6, 6.07) is 9.71. The molecule has 0 radical (unpaired) electrons. The van der Waals surface area contributed by atoms with Gasteiger partial charge in [0.1, 0.15) is 14.3 Å². The van der Waals surface area contributed by atoms with Gasteiger partial charge in [-0.2, -0.15) is 0 Å². The van der Waals surface area contributed by atoms with Crippen LogP contribution in [0.3, 0.4) is 0 Å². The lowest BCUT2D eigenvalue weighted by atomic mass is 9.81. The van der Waals surface area contributed by atoms with E-state index in [1.807, 2.05) is 0 Å². The van der Waals surface area contributed by atoms with Gasteiger partial charge in [0.25, 0.3) is 0 Å². The maximum atomic E-state index is 13.4. The Balaban J connectivity index is 1.64. The second-order valence-corrected chi connectivity index (χ2v) is 5.61. The van der Waals surface area contributed by atoms with Crippen molar-refractivity contribution in [2.45, 2.75) is 12.3 Å². The molecule has 0 saturated carbocycles. The van der Waals surface area contributed by atoms with E-state index in [0.717, 1.165) is 0 Å². The number of benzene rings is 2. The van der Waals surface area contributed by atoms with Crippen LogP contribution in [0.4, 0.5) is 4.39 Å². The molecule has 5 heteroatoms. The molecule has 2 aliphatic heterocycles. The van der Waals surface area contributed by atoms with Crippen molar-refractivity contribution < 1.29 is 26.8 Å². The topological polar surface area (TPSA) is 39.7 Å². The number of hydrogen-bond donors (Lipinski definition) is 1. The third-order valence-corrected chi connectivity index (χ3v) is 4.06. The summed E-state index contributed by atoms with van der Waals surface area (Å²) in [5.41, 5.74) is 0.623. The molecule has 1 unspecified atom stereocenters. The quantitative estimate of drug-likeness (QED) is 0.930. The van der Waals surface area contributed by atoms with Crippen molar-refractivity contribution in [2.24, 2.45) is 5.92 Å². The Morgan fingerprint density at radius 1 is 1.21 bits per heavy atom. The molecule has 0 bridgehead atoms. The number of nitrogens with one attached hydrogen (secondary N) is 1. The fourth-order valence-corrected chi connectivity index (χ4v) is 2.82. The molecule has 1 saturated heterocycles. The summed E-state index contributed by atoms with van der Waals surface area (Å²) in [6.45, 7) is -6.53. The fraction of sp³-hybridized carbons (Fsp3) is 0.368. The summed E-state index contributed by atoms with van der Waals surface area (Å²) in [5.74, 6) is -1.97. The van der Waals surface area contributed by atoms with Crippen molar-refractivity contribution in [3.63, 3.8) is 0 Å². The van der Waals surface area contributed by atoms with Crippen LogP contribution in [0.2, 0.25) is 0 Å². The van der Waals surface area contributed by atoms with Crippen molar-refractivity contribution >= 4 is 0 Å². The van der Waals surface area contributed by atoms with Crippen LogP contribution in [0.5, 0.6) is 17.2 Å². The van der Waals surface area contributed by atoms with Crippen LogP contribution >= 0.6 is 0 Å². The van der Waals surface area contributed by atoms with Crippen LogP contribution in [0.25, 0.3) is 0 Å². The van der Waals surface area contributed by atoms with E-state index < -0.39 is 37.5 Å². The molecule has 2 atom stereocenters. The molecule has 2 aromatic rings. The first-order valence-corrected chi connectivity index (χ1v) is 7.68. The van der Waals surface area contributed by atoms with E-state index in [0.29, 0.717) is 18.5 Å². The number of rotatable bonds is 4. The van der Waals surface area contributed by atoms with E-state index in [9.17, 15) is 4.39 Å². The minimum atomic E-state index is -2.46. The SMILES string of the molecule is [2H]C1([2H])Oc2ccc(OC([2H])([2H])C3[C@H](c4ccc(F)cc4)CCNC3([2H])[2H])cc2O1. The number of hydrogen-bond acceptors (Lipinski definition) is 4. The van der Waals surface area contributed by atoms with Gasteiger partial charge in [0, 0.05) is 21.2 Å². The summed E-state index contributed by atoms with van der Waals surface area (Å²) in [5, 5.41) is 2.71. The summed E-state index contributed by atoms with van der Waals surface area (Å²) in [4.78, 5) is 0. The fourth-order valence-electron chi connectivity index (χ4n) is 2.82. The highest BCUT2D eigenvalue weighted by Crippen LogP contribution is 2.36. The lowest BCUT2D eigenvalue weighted by Gasteiger charge is -2.32. The highest BCUT2D eigenvalue weighted by Gasteiger charge is 2.27. The first-order valence-electron chi connectivity index (χ1n) is 10.7. The van der Waals surface area contributed by atoms with Crippen molar-refractivity contribution in [3.05, 3.63) is 53.8 Å². The molecule has 2 aromatic carbocycles. The lowest BCUT2D eigenvalue weighted by Crippen LogP contribution is -2.38. The van der Waals surface area contributed by atoms with Gasteiger partial charge in [0.05, 0.1) is 9.30 Å². The van der Waals surface area contributed by atoms with Gasteiger partial charge in [-0.25, -0.2) is 4.39 Å². The maximum Gasteiger partial charge on any atom is 0.231 e. The Morgan fingerprint density at radius 3 is 2.92 bits per heavy atom. The molecule has 0 aliphatic carbocycles. The summed E-state index contributed by atoms with van der Waals surface area (Å²) < 4.78 is 77.8. The van der Waals surface area contributed by atoms with Gasteiger partial charge in [0.15, 0.2) is 11.5 Å². The van der Waals surface area contributed by atoms with Crippen molar-refractivity contribution in [1.82, 2.24) is 5.32 Å². The van der Waals surface area contributed by atoms with E-state index in [-0.39, 0.29) is 17.2 Å². The first-order chi connectivity index (χ1) is 14.0. The molecule has 0 aromatic heterocycles. The smallest absolute Gasteiger partial charge is 0.231 e. The van der Waals surface area contributed by atoms with Crippen molar-refractivity contribution in [1.29, 1.82) is 0 Å². The Labute approximate surface area is 149 Å². The predicted molar refractivity (Wildman–Crippen MR) is 88.2 cm³/mol. The normalized spacial score (nSPS) is 30.9. The van der Waals surface area contributed by atoms with E-state index in [1.165, 1.54) is 42.5 Å². The van der Waals surface area contributed by atoms with E-state index in [4.69, 9.17) is 22.4 Å². The van der Waals surface area contributed by atoms with Gasteiger partial charge in [-0.3, -0.25) is 0 Å². The van der Waals surface area contributed by atoms with Gasteiger partial charge in [-0.1, -0.05) is 12.1 Å². The molecule has 4 rings (SSSR count). The van der Waals surface area contributed by atoms with Gasteiger partial charge < -0.3 is 19.5 Å². The number of ether oxygens (including phenoxy) is 3. The lowest BCUT2D eigenvalue weighted by molar-refractivity contribution is 0.173. The van der Waals surface area contributed by atoms with Gasteiger partial charge in [0.2, 0.25) is 6.75 Å². The Kier molecular flexibility index (Phi) is 2.76. The van der Waals surface area contributed by atoms with E-state index in [1.54, 1.807) is 0 Å². The van der Waals surface area contributed by atoms with Crippen LogP contribution in [-0.2, 0) is 0 Å². The third kappa shape index (κ3) is 3.17. The monoisotopic (exact) mass is 335 g/mol. The average Bonchev–Trinajstić information content (AvgIpc) is 2.93. The van der Waals surface area contributed by atoms with Crippen LogP contribution in [-0.4, -0.2) is 26.3 Å². The zero-order valence-electron chi connectivity index (χ0n) is 18.7. The Morgan fingerprint density at radius 2 is 2.04 bits per heavy atom. The molecule has 126 valence electrons. The molecule has 4 nitrogen and oxygen atoms in total. The van der Waals surface area contributed by atoms with E-state index >= 15 is 0 Å². The number of fused-ring (bicyclic) bond motifs is 1. The average molecular weight is 335 g/mol. The van der Waals surface area contributed by atoms with Crippen LogP contribution in [0, 0.1) is 11.7 Å². The maximum absolute atomic E-state index is 13.4. The molecule has 0 spiro atoms. The highest BCUT2D eigenvalue weighted by atomic mass is 19.1. The van der Waals surface area contributed by atoms with Crippen LogP contribution in [0.1, 0.15) is 26.1 Å². The molecule has 24 heavy (non-hydrogen) atoms. The summed E-state index contributed by atoms with van der Waals surface area (Å²) in [6.07, 6.45) is 0.444. The highest BCUT2D eigenvalue weighted by molar-refractivity contribution is 5.46. The summed E-state index contributed by atoms with van der Waals surface area (Å²) in [7, 11) is 0.